The first kappa shape index (κ1) is 12.9. The van der Waals surface area contributed by atoms with E-state index in [2.05, 4.69) is 14.9 Å². The average Bonchev–Trinajstić information content (AvgIpc) is 3.06. The number of aromatic nitrogens is 2. The van der Waals surface area contributed by atoms with Crippen molar-refractivity contribution in [3.63, 3.8) is 0 Å². The Morgan fingerprint density at radius 1 is 1.26 bits per heavy atom. The van der Waals surface area contributed by atoms with Crippen molar-refractivity contribution >= 4 is 5.82 Å². The highest BCUT2D eigenvalue weighted by Crippen LogP contribution is 2.16. The fourth-order valence-corrected chi connectivity index (χ4v) is 3.00. The highest BCUT2D eigenvalue weighted by Gasteiger charge is 2.28. The Kier molecular flexibility index (Phi) is 4.00. The summed E-state index contributed by atoms with van der Waals surface area (Å²) in [6, 6.07) is 2.56. The van der Waals surface area contributed by atoms with E-state index in [9.17, 15) is 0 Å². The topological polar surface area (TPSA) is 59.5 Å². The second kappa shape index (κ2) is 5.90. The molecule has 2 aliphatic heterocycles. The Bertz CT molecular complexity index is 401. The summed E-state index contributed by atoms with van der Waals surface area (Å²) in [5.41, 5.74) is 5.62. The van der Waals surface area contributed by atoms with Crippen LogP contribution in [-0.4, -0.2) is 71.6 Å². The quantitative estimate of drug-likeness (QED) is 0.822. The zero-order chi connectivity index (χ0) is 13.1. The third-order valence-corrected chi connectivity index (χ3v) is 4.12. The van der Waals surface area contributed by atoms with Gasteiger partial charge in [-0.25, -0.2) is 0 Å². The van der Waals surface area contributed by atoms with Crippen molar-refractivity contribution in [2.45, 2.75) is 19.0 Å². The summed E-state index contributed by atoms with van der Waals surface area (Å²) in [5.74, 6) is 0.604. The molecule has 3 heterocycles. The molecular weight excluding hydrogens is 242 g/mol. The summed E-state index contributed by atoms with van der Waals surface area (Å²) in [7, 11) is 0. The van der Waals surface area contributed by atoms with Crippen molar-refractivity contribution in [3.05, 3.63) is 12.3 Å². The first-order valence-electron chi connectivity index (χ1n) is 7.14. The molecule has 1 atom stereocenters. The van der Waals surface area contributed by atoms with Gasteiger partial charge in [0.1, 0.15) is 5.82 Å². The van der Waals surface area contributed by atoms with Crippen LogP contribution < -0.4 is 5.73 Å². The molecule has 0 aromatic carbocycles. The number of anilines is 1. The zero-order valence-corrected chi connectivity index (χ0v) is 11.4. The summed E-state index contributed by atoms with van der Waals surface area (Å²) >= 11 is 0. The molecule has 1 unspecified atom stereocenters. The number of morpholine rings is 1. The molecule has 106 valence electrons. The van der Waals surface area contributed by atoms with Crippen molar-refractivity contribution in [1.82, 2.24) is 19.6 Å². The van der Waals surface area contributed by atoms with E-state index in [1.807, 2.05) is 16.9 Å². The minimum atomic E-state index is 0.604. The van der Waals surface area contributed by atoms with Crippen LogP contribution in [0.15, 0.2) is 12.3 Å². The molecule has 2 aliphatic rings. The Labute approximate surface area is 114 Å². The molecule has 0 spiro atoms. The van der Waals surface area contributed by atoms with Gasteiger partial charge < -0.3 is 10.5 Å². The lowest BCUT2D eigenvalue weighted by Crippen LogP contribution is -2.44. The Morgan fingerprint density at radius 3 is 2.84 bits per heavy atom. The van der Waals surface area contributed by atoms with Crippen LogP contribution in [0.1, 0.15) is 6.42 Å². The van der Waals surface area contributed by atoms with Gasteiger partial charge in [0, 0.05) is 38.4 Å². The molecule has 6 nitrogen and oxygen atoms in total. The van der Waals surface area contributed by atoms with Crippen molar-refractivity contribution in [3.8, 4) is 0 Å². The molecule has 0 radical (unpaired) electrons. The first-order valence-corrected chi connectivity index (χ1v) is 7.14. The van der Waals surface area contributed by atoms with Crippen molar-refractivity contribution in [2.75, 3.05) is 51.7 Å². The van der Waals surface area contributed by atoms with Gasteiger partial charge in [0.15, 0.2) is 0 Å². The average molecular weight is 265 g/mol. The maximum absolute atomic E-state index is 5.62. The summed E-state index contributed by atoms with van der Waals surface area (Å²) in [4.78, 5) is 5.10. The Balaban J connectivity index is 1.43. The van der Waals surface area contributed by atoms with Crippen LogP contribution in [0.4, 0.5) is 5.82 Å². The van der Waals surface area contributed by atoms with E-state index in [1.54, 1.807) is 0 Å². The molecule has 2 saturated heterocycles. The third-order valence-electron chi connectivity index (χ3n) is 4.12. The molecule has 1 aromatic rings. The van der Waals surface area contributed by atoms with Crippen molar-refractivity contribution < 1.29 is 4.74 Å². The molecule has 0 bridgehead atoms. The van der Waals surface area contributed by atoms with Gasteiger partial charge in [0.2, 0.25) is 0 Å². The minimum absolute atomic E-state index is 0.604. The molecule has 2 fully saturated rings. The number of nitrogen functional groups attached to an aromatic ring is 1. The van der Waals surface area contributed by atoms with Gasteiger partial charge in [-0.2, -0.15) is 5.10 Å². The molecule has 3 rings (SSSR count). The van der Waals surface area contributed by atoms with E-state index >= 15 is 0 Å². The fraction of sp³-hybridized carbons (Fsp3) is 0.769. The van der Waals surface area contributed by atoms with Gasteiger partial charge in [-0.05, 0) is 19.0 Å². The SMILES string of the molecule is Nc1ccn(CCN2CCC(N3CCOCC3)C2)n1. The summed E-state index contributed by atoms with van der Waals surface area (Å²) in [6.45, 7) is 8.32. The number of nitrogens with two attached hydrogens (primary N) is 1. The van der Waals surface area contributed by atoms with Crippen molar-refractivity contribution in [2.24, 2.45) is 0 Å². The maximum atomic E-state index is 5.62. The lowest BCUT2D eigenvalue weighted by Gasteiger charge is -2.32. The highest BCUT2D eigenvalue weighted by atomic mass is 16.5. The van der Waals surface area contributed by atoms with Crippen LogP contribution in [0.3, 0.4) is 0 Å². The van der Waals surface area contributed by atoms with Crippen LogP contribution in [0, 0.1) is 0 Å². The van der Waals surface area contributed by atoms with Crippen molar-refractivity contribution in [1.29, 1.82) is 0 Å². The number of rotatable bonds is 4. The molecule has 2 N–H and O–H groups in total. The maximum Gasteiger partial charge on any atom is 0.145 e. The minimum Gasteiger partial charge on any atom is -0.382 e. The van der Waals surface area contributed by atoms with Gasteiger partial charge in [0.05, 0.1) is 19.8 Å². The smallest absolute Gasteiger partial charge is 0.145 e. The van der Waals surface area contributed by atoms with E-state index in [0.717, 1.165) is 39.4 Å². The second-order valence-corrected chi connectivity index (χ2v) is 5.40. The number of hydrogen-bond donors (Lipinski definition) is 1. The Morgan fingerprint density at radius 2 is 2.11 bits per heavy atom. The van der Waals surface area contributed by atoms with Crippen LogP contribution in [0.5, 0.6) is 0 Å². The molecule has 0 amide bonds. The number of nitrogens with zero attached hydrogens (tertiary/aromatic N) is 4. The van der Waals surface area contributed by atoms with Gasteiger partial charge >= 0.3 is 0 Å². The zero-order valence-electron chi connectivity index (χ0n) is 11.4. The Hall–Kier alpha value is -1.11. The van der Waals surface area contributed by atoms with E-state index in [0.29, 0.717) is 11.9 Å². The molecule has 19 heavy (non-hydrogen) atoms. The standard InChI is InChI=1S/C13H23N5O/c14-13-2-4-18(15-13)6-5-16-3-1-12(11-16)17-7-9-19-10-8-17/h2,4,12H,1,3,5-11H2,(H2,14,15). The lowest BCUT2D eigenvalue weighted by atomic mass is 10.2. The van der Waals surface area contributed by atoms with Crippen LogP contribution >= 0.6 is 0 Å². The van der Waals surface area contributed by atoms with Crippen LogP contribution in [0.2, 0.25) is 0 Å². The summed E-state index contributed by atoms with van der Waals surface area (Å²) < 4.78 is 7.34. The normalized spacial score (nSPS) is 26.0. The lowest BCUT2D eigenvalue weighted by molar-refractivity contribution is 0.0184. The van der Waals surface area contributed by atoms with Gasteiger partial charge in [0.25, 0.3) is 0 Å². The predicted molar refractivity (Wildman–Crippen MR) is 73.9 cm³/mol. The molecule has 0 aliphatic carbocycles. The monoisotopic (exact) mass is 265 g/mol. The highest BCUT2D eigenvalue weighted by molar-refractivity contribution is 5.23. The summed E-state index contributed by atoms with van der Waals surface area (Å²) in [5, 5.41) is 4.22. The van der Waals surface area contributed by atoms with E-state index < -0.39 is 0 Å². The van der Waals surface area contributed by atoms with Crippen LogP contribution in [-0.2, 0) is 11.3 Å². The molecule has 6 heteroatoms. The fourth-order valence-electron chi connectivity index (χ4n) is 3.00. The third kappa shape index (κ3) is 3.26. The molecule has 1 aromatic heterocycles. The van der Waals surface area contributed by atoms with Gasteiger partial charge in [-0.3, -0.25) is 14.5 Å². The summed E-state index contributed by atoms with van der Waals surface area (Å²) in [6.07, 6.45) is 3.23. The molecular formula is C13H23N5O. The number of hydrogen-bond acceptors (Lipinski definition) is 5. The van der Waals surface area contributed by atoms with Crippen LogP contribution in [0.25, 0.3) is 0 Å². The van der Waals surface area contributed by atoms with E-state index in [1.165, 1.54) is 19.5 Å². The largest absolute Gasteiger partial charge is 0.382 e. The van der Waals surface area contributed by atoms with Gasteiger partial charge in [-0.1, -0.05) is 0 Å². The van der Waals surface area contributed by atoms with E-state index in [4.69, 9.17) is 10.5 Å². The first-order chi connectivity index (χ1) is 9.31. The number of ether oxygens (including phenoxy) is 1. The number of likely N-dealkylation sites (tertiary alicyclic amines) is 1. The molecule has 0 saturated carbocycles. The second-order valence-electron chi connectivity index (χ2n) is 5.40. The predicted octanol–water partition coefficient (Wildman–Crippen LogP) is -0.128. The van der Waals surface area contributed by atoms with E-state index in [-0.39, 0.29) is 0 Å². The van der Waals surface area contributed by atoms with Gasteiger partial charge in [-0.15, -0.1) is 0 Å².